The first-order valence-electron chi connectivity index (χ1n) is 7.65. The highest BCUT2D eigenvalue weighted by Gasteiger charge is 2.31. The smallest absolute Gasteiger partial charge is 0.272 e. The van der Waals surface area contributed by atoms with Crippen molar-refractivity contribution in [2.24, 2.45) is 0 Å². The van der Waals surface area contributed by atoms with Crippen LogP contribution in [0.25, 0.3) is 0 Å². The molecule has 0 unspecified atom stereocenters. The van der Waals surface area contributed by atoms with Gasteiger partial charge in [0.25, 0.3) is 5.91 Å². The Bertz CT molecular complexity index is 640. The zero-order chi connectivity index (χ0) is 15.5. The van der Waals surface area contributed by atoms with E-state index in [-0.39, 0.29) is 11.9 Å². The monoisotopic (exact) mass is 299 g/mol. The van der Waals surface area contributed by atoms with Gasteiger partial charge in [0.1, 0.15) is 11.5 Å². The summed E-state index contributed by atoms with van der Waals surface area (Å²) in [7, 11) is 0. The van der Waals surface area contributed by atoms with Crippen LogP contribution in [0.5, 0.6) is 0 Å². The Kier molecular flexibility index (Phi) is 4.20. The number of nitrogens with one attached hydrogen (secondary N) is 1. The summed E-state index contributed by atoms with van der Waals surface area (Å²) in [6, 6.07) is 5.67. The van der Waals surface area contributed by atoms with Gasteiger partial charge in [0.15, 0.2) is 0 Å². The van der Waals surface area contributed by atoms with E-state index in [1.54, 1.807) is 12.3 Å². The molecular formula is C16H21N5O. The number of aromatic amines is 1. The van der Waals surface area contributed by atoms with Crippen molar-refractivity contribution in [1.29, 1.82) is 0 Å². The van der Waals surface area contributed by atoms with Gasteiger partial charge in [0.05, 0.1) is 6.04 Å². The second kappa shape index (κ2) is 6.27. The van der Waals surface area contributed by atoms with Crippen LogP contribution in [0, 0.1) is 6.92 Å². The third-order valence-corrected chi connectivity index (χ3v) is 4.13. The van der Waals surface area contributed by atoms with Crippen LogP contribution in [0.15, 0.2) is 30.6 Å². The molecule has 1 N–H and O–H groups in total. The first-order chi connectivity index (χ1) is 10.7. The number of aromatic nitrogens is 3. The van der Waals surface area contributed by atoms with Crippen molar-refractivity contribution in [3.63, 3.8) is 0 Å². The second-order valence-electron chi connectivity index (χ2n) is 5.53. The lowest BCUT2D eigenvalue weighted by Crippen LogP contribution is -2.50. The summed E-state index contributed by atoms with van der Waals surface area (Å²) in [5.41, 5.74) is 1.38. The van der Waals surface area contributed by atoms with Crippen molar-refractivity contribution in [3.05, 3.63) is 47.8 Å². The van der Waals surface area contributed by atoms with E-state index in [2.05, 4.69) is 26.8 Å². The van der Waals surface area contributed by atoms with Crippen molar-refractivity contribution < 1.29 is 4.79 Å². The molecule has 1 aliphatic rings. The van der Waals surface area contributed by atoms with Gasteiger partial charge in [-0.15, -0.1) is 0 Å². The van der Waals surface area contributed by atoms with Gasteiger partial charge >= 0.3 is 0 Å². The Balaban J connectivity index is 1.79. The fourth-order valence-electron chi connectivity index (χ4n) is 2.93. The molecule has 0 bridgehead atoms. The molecule has 6 heteroatoms. The molecule has 3 rings (SSSR count). The normalized spacial score (nSPS) is 19.4. The SMILES string of the molecule is CCN1CCN(C(=O)c2cccc(C)n2)C[C@H]1c1ncc[nH]1. The van der Waals surface area contributed by atoms with E-state index in [1.807, 2.05) is 30.2 Å². The molecule has 1 amide bonds. The van der Waals surface area contributed by atoms with Crippen molar-refractivity contribution in [1.82, 2.24) is 24.8 Å². The highest BCUT2D eigenvalue weighted by molar-refractivity contribution is 5.92. The number of carbonyl (C=O) groups is 1. The molecule has 116 valence electrons. The van der Waals surface area contributed by atoms with Gasteiger partial charge < -0.3 is 9.88 Å². The molecule has 2 aromatic heterocycles. The third kappa shape index (κ3) is 2.87. The molecule has 6 nitrogen and oxygen atoms in total. The molecule has 0 aromatic carbocycles. The Morgan fingerprint density at radius 1 is 1.41 bits per heavy atom. The minimum atomic E-state index is -0.00370. The predicted octanol–water partition coefficient (Wildman–Crippen LogP) is 1.63. The van der Waals surface area contributed by atoms with Crippen molar-refractivity contribution in [3.8, 4) is 0 Å². The van der Waals surface area contributed by atoms with Crippen LogP contribution < -0.4 is 0 Å². The molecule has 3 heterocycles. The van der Waals surface area contributed by atoms with E-state index in [0.29, 0.717) is 12.2 Å². The van der Waals surface area contributed by atoms with Gasteiger partial charge in [0.2, 0.25) is 0 Å². The van der Waals surface area contributed by atoms with Crippen LogP contribution >= 0.6 is 0 Å². The van der Waals surface area contributed by atoms with E-state index < -0.39 is 0 Å². The molecule has 22 heavy (non-hydrogen) atoms. The van der Waals surface area contributed by atoms with Crippen molar-refractivity contribution >= 4 is 5.91 Å². The number of likely N-dealkylation sites (N-methyl/N-ethyl adjacent to an activating group) is 1. The Labute approximate surface area is 130 Å². The summed E-state index contributed by atoms with van der Waals surface area (Å²) in [5, 5.41) is 0. The molecule has 0 saturated carbocycles. The Morgan fingerprint density at radius 3 is 2.95 bits per heavy atom. The standard InChI is InChI=1S/C16H21N5O/c1-3-20-9-10-21(11-14(20)15-17-7-8-18-15)16(22)13-6-4-5-12(2)19-13/h4-8,14H,3,9-11H2,1-2H3,(H,17,18)/t14-/m0/s1. The second-order valence-corrected chi connectivity index (χ2v) is 5.53. The molecule has 1 atom stereocenters. The highest BCUT2D eigenvalue weighted by Crippen LogP contribution is 2.23. The predicted molar refractivity (Wildman–Crippen MR) is 83.5 cm³/mol. The average Bonchev–Trinajstić information content (AvgIpc) is 3.08. The van der Waals surface area contributed by atoms with E-state index in [9.17, 15) is 4.79 Å². The number of imidazole rings is 1. The van der Waals surface area contributed by atoms with Crippen LogP contribution in [0.4, 0.5) is 0 Å². The van der Waals surface area contributed by atoms with Crippen molar-refractivity contribution in [2.45, 2.75) is 19.9 Å². The van der Waals surface area contributed by atoms with Gasteiger partial charge in [0, 0.05) is 37.7 Å². The summed E-state index contributed by atoms with van der Waals surface area (Å²) < 4.78 is 0. The third-order valence-electron chi connectivity index (χ3n) is 4.13. The summed E-state index contributed by atoms with van der Waals surface area (Å²) in [4.78, 5) is 28.8. The Hall–Kier alpha value is -2.21. The summed E-state index contributed by atoms with van der Waals surface area (Å²) in [5.74, 6) is 0.910. The minimum Gasteiger partial charge on any atom is -0.347 e. The number of hydrogen-bond acceptors (Lipinski definition) is 4. The Morgan fingerprint density at radius 2 is 2.27 bits per heavy atom. The molecular weight excluding hydrogens is 278 g/mol. The average molecular weight is 299 g/mol. The molecule has 1 aliphatic heterocycles. The molecule has 1 saturated heterocycles. The van der Waals surface area contributed by atoms with Crippen LogP contribution in [-0.2, 0) is 0 Å². The van der Waals surface area contributed by atoms with Crippen LogP contribution in [0.2, 0.25) is 0 Å². The lowest BCUT2D eigenvalue weighted by atomic mass is 10.1. The van der Waals surface area contributed by atoms with Crippen LogP contribution in [-0.4, -0.2) is 56.8 Å². The zero-order valence-electron chi connectivity index (χ0n) is 13.0. The fraction of sp³-hybridized carbons (Fsp3) is 0.438. The van der Waals surface area contributed by atoms with E-state index >= 15 is 0 Å². The molecule has 0 radical (unpaired) electrons. The number of H-pyrrole nitrogens is 1. The van der Waals surface area contributed by atoms with Crippen LogP contribution in [0.1, 0.15) is 35.0 Å². The first-order valence-corrected chi connectivity index (χ1v) is 7.65. The van der Waals surface area contributed by atoms with E-state index in [1.165, 1.54) is 0 Å². The van der Waals surface area contributed by atoms with Gasteiger partial charge in [-0.1, -0.05) is 13.0 Å². The number of pyridine rings is 1. The van der Waals surface area contributed by atoms with E-state index in [0.717, 1.165) is 31.2 Å². The lowest BCUT2D eigenvalue weighted by Gasteiger charge is -2.39. The number of amides is 1. The number of aryl methyl sites for hydroxylation is 1. The summed E-state index contributed by atoms with van der Waals surface area (Å²) in [6.07, 6.45) is 3.58. The van der Waals surface area contributed by atoms with Gasteiger partial charge in [-0.25, -0.2) is 9.97 Å². The van der Waals surface area contributed by atoms with Crippen LogP contribution in [0.3, 0.4) is 0 Å². The summed E-state index contributed by atoms with van der Waals surface area (Å²) in [6.45, 7) is 7.18. The zero-order valence-corrected chi connectivity index (χ0v) is 13.0. The number of nitrogens with zero attached hydrogens (tertiary/aromatic N) is 4. The van der Waals surface area contributed by atoms with Crippen molar-refractivity contribution in [2.75, 3.05) is 26.2 Å². The highest BCUT2D eigenvalue weighted by atomic mass is 16.2. The largest absolute Gasteiger partial charge is 0.347 e. The number of hydrogen-bond donors (Lipinski definition) is 1. The fourth-order valence-corrected chi connectivity index (χ4v) is 2.93. The maximum Gasteiger partial charge on any atom is 0.272 e. The topological polar surface area (TPSA) is 65.1 Å². The summed E-state index contributed by atoms with van der Waals surface area (Å²) >= 11 is 0. The van der Waals surface area contributed by atoms with E-state index in [4.69, 9.17) is 0 Å². The van der Waals surface area contributed by atoms with Gasteiger partial charge in [-0.05, 0) is 25.6 Å². The number of carbonyl (C=O) groups excluding carboxylic acids is 1. The number of rotatable bonds is 3. The van der Waals surface area contributed by atoms with Gasteiger partial charge in [-0.3, -0.25) is 9.69 Å². The molecule has 1 fully saturated rings. The maximum atomic E-state index is 12.7. The molecule has 0 aliphatic carbocycles. The maximum absolute atomic E-state index is 12.7. The minimum absolute atomic E-state index is 0.00370. The molecule has 0 spiro atoms. The lowest BCUT2D eigenvalue weighted by molar-refractivity contribution is 0.0474. The molecule has 2 aromatic rings. The quantitative estimate of drug-likeness (QED) is 0.935. The number of piperazine rings is 1. The van der Waals surface area contributed by atoms with Gasteiger partial charge in [-0.2, -0.15) is 0 Å². The first kappa shape index (κ1) is 14.7.